The monoisotopic (exact) mass is 353 g/mol. The number of anilines is 1. The number of aromatic nitrogens is 1. The molecule has 6 nitrogen and oxygen atoms in total. The van der Waals surface area contributed by atoms with Gasteiger partial charge in [0.25, 0.3) is 0 Å². The summed E-state index contributed by atoms with van der Waals surface area (Å²) in [6.45, 7) is 1.50. The number of piperidine rings is 1. The Labute approximate surface area is 153 Å². The molecule has 0 saturated carbocycles. The van der Waals surface area contributed by atoms with Crippen LogP contribution in [-0.2, 0) is 9.59 Å². The second-order valence-electron chi connectivity index (χ2n) is 6.32. The van der Waals surface area contributed by atoms with E-state index in [1.54, 1.807) is 29.4 Å². The molecular weight excluding hydrogens is 330 g/mol. The molecule has 26 heavy (non-hydrogen) atoms. The van der Waals surface area contributed by atoms with E-state index in [2.05, 4.69) is 10.3 Å². The summed E-state index contributed by atoms with van der Waals surface area (Å²) in [6, 6.07) is 13.0. The van der Waals surface area contributed by atoms with Gasteiger partial charge in [-0.15, -0.1) is 0 Å². The molecule has 1 atom stereocenters. The number of ether oxygens (including phenoxy) is 1. The van der Waals surface area contributed by atoms with Crippen LogP contribution >= 0.6 is 0 Å². The molecule has 1 aromatic carbocycles. The van der Waals surface area contributed by atoms with Gasteiger partial charge in [0.2, 0.25) is 11.8 Å². The number of nitrogens with one attached hydrogen (secondary N) is 1. The molecule has 0 spiro atoms. The first kappa shape index (κ1) is 17.9. The van der Waals surface area contributed by atoms with Gasteiger partial charge >= 0.3 is 0 Å². The van der Waals surface area contributed by atoms with E-state index in [0.29, 0.717) is 26.1 Å². The van der Waals surface area contributed by atoms with E-state index >= 15 is 0 Å². The minimum Gasteiger partial charge on any atom is -0.493 e. The van der Waals surface area contributed by atoms with Crippen molar-refractivity contribution >= 4 is 17.5 Å². The molecule has 2 heterocycles. The standard InChI is InChI=1S/C20H23N3O3/c24-19(10-14-26-18-6-2-1-3-7-18)23-13-4-5-16(15-23)20(25)22-17-8-11-21-12-9-17/h1-3,6-9,11-12,16H,4-5,10,13-15H2,(H,21,22,25). The third kappa shape index (κ3) is 5.05. The summed E-state index contributed by atoms with van der Waals surface area (Å²) in [6.07, 6.45) is 5.21. The van der Waals surface area contributed by atoms with Crippen LogP contribution in [-0.4, -0.2) is 41.4 Å². The fourth-order valence-corrected chi connectivity index (χ4v) is 3.03. The summed E-state index contributed by atoms with van der Waals surface area (Å²) < 4.78 is 5.59. The number of pyridine rings is 1. The highest BCUT2D eigenvalue weighted by Gasteiger charge is 2.28. The average Bonchev–Trinajstić information content (AvgIpc) is 2.69. The Bertz CT molecular complexity index is 722. The first-order valence-electron chi connectivity index (χ1n) is 8.89. The smallest absolute Gasteiger partial charge is 0.229 e. The van der Waals surface area contributed by atoms with Gasteiger partial charge in [0.05, 0.1) is 18.9 Å². The number of hydrogen-bond donors (Lipinski definition) is 1. The van der Waals surface area contributed by atoms with Crippen molar-refractivity contribution in [1.29, 1.82) is 0 Å². The number of rotatable bonds is 6. The van der Waals surface area contributed by atoms with Crippen molar-refractivity contribution in [2.75, 3.05) is 25.0 Å². The van der Waals surface area contributed by atoms with Crippen LogP contribution in [0.4, 0.5) is 5.69 Å². The Morgan fingerprint density at radius 2 is 1.92 bits per heavy atom. The molecule has 1 aromatic heterocycles. The van der Waals surface area contributed by atoms with E-state index in [-0.39, 0.29) is 17.7 Å². The lowest BCUT2D eigenvalue weighted by atomic mass is 9.96. The minimum atomic E-state index is -0.184. The summed E-state index contributed by atoms with van der Waals surface area (Å²) in [5.41, 5.74) is 0.727. The third-order valence-electron chi connectivity index (χ3n) is 4.42. The number of nitrogens with zero attached hydrogens (tertiary/aromatic N) is 2. The molecular formula is C20H23N3O3. The molecule has 6 heteroatoms. The first-order valence-corrected chi connectivity index (χ1v) is 8.89. The average molecular weight is 353 g/mol. The third-order valence-corrected chi connectivity index (χ3v) is 4.42. The summed E-state index contributed by atoms with van der Waals surface area (Å²) >= 11 is 0. The molecule has 1 saturated heterocycles. The summed E-state index contributed by atoms with van der Waals surface area (Å²) in [5.74, 6) is 0.557. The van der Waals surface area contributed by atoms with Crippen molar-refractivity contribution < 1.29 is 14.3 Å². The molecule has 136 valence electrons. The number of carbonyl (C=O) groups is 2. The number of likely N-dealkylation sites (tertiary alicyclic amines) is 1. The van der Waals surface area contributed by atoms with Crippen LogP contribution in [0.5, 0.6) is 5.75 Å². The molecule has 2 amide bonds. The number of hydrogen-bond acceptors (Lipinski definition) is 4. The molecule has 0 bridgehead atoms. The topological polar surface area (TPSA) is 71.5 Å². The Morgan fingerprint density at radius 1 is 1.15 bits per heavy atom. The second kappa shape index (κ2) is 8.99. The zero-order chi connectivity index (χ0) is 18.2. The van der Waals surface area contributed by atoms with E-state index in [4.69, 9.17) is 4.74 Å². The Kier molecular flexibility index (Phi) is 6.19. The fourth-order valence-electron chi connectivity index (χ4n) is 3.03. The second-order valence-corrected chi connectivity index (χ2v) is 6.32. The van der Waals surface area contributed by atoms with Crippen LogP contribution in [0.25, 0.3) is 0 Å². The van der Waals surface area contributed by atoms with Crippen LogP contribution in [0.1, 0.15) is 19.3 Å². The van der Waals surface area contributed by atoms with Crippen molar-refractivity contribution in [3.8, 4) is 5.75 Å². The molecule has 3 rings (SSSR count). The predicted molar refractivity (Wildman–Crippen MR) is 98.7 cm³/mol. The maximum absolute atomic E-state index is 12.4. The molecule has 1 aliphatic rings. The van der Waals surface area contributed by atoms with Crippen LogP contribution in [0.3, 0.4) is 0 Å². The minimum absolute atomic E-state index is 0.0299. The highest BCUT2D eigenvalue weighted by Crippen LogP contribution is 2.19. The van der Waals surface area contributed by atoms with Gasteiger partial charge in [-0.3, -0.25) is 14.6 Å². The van der Waals surface area contributed by atoms with Crippen LogP contribution in [0.15, 0.2) is 54.9 Å². The summed E-state index contributed by atoms with van der Waals surface area (Å²) in [7, 11) is 0. The molecule has 0 aliphatic carbocycles. The fraction of sp³-hybridized carbons (Fsp3) is 0.350. The van der Waals surface area contributed by atoms with Gasteiger partial charge < -0.3 is 15.0 Å². The van der Waals surface area contributed by atoms with Crippen molar-refractivity contribution in [3.05, 3.63) is 54.9 Å². The number of para-hydroxylation sites is 1. The lowest BCUT2D eigenvalue weighted by molar-refractivity contribution is -0.135. The molecule has 1 fully saturated rings. The van der Waals surface area contributed by atoms with Crippen LogP contribution < -0.4 is 10.1 Å². The molecule has 2 aromatic rings. The van der Waals surface area contributed by atoms with Crippen molar-refractivity contribution in [1.82, 2.24) is 9.88 Å². The summed E-state index contributed by atoms with van der Waals surface area (Å²) in [4.78, 5) is 30.6. The number of benzene rings is 1. The Hall–Kier alpha value is -2.89. The van der Waals surface area contributed by atoms with E-state index in [1.807, 2.05) is 30.3 Å². The number of amides is 2. The Morgan fingerprint density at radius 3 is 2.69 bits per heavy atom. The SMILES string of the molecule is O=C(Nc1ccncc1)C1CCCN(C(=O)CCOc2ccccc2)C1. The first-order chi connectivity index (χ1) is 12.7. The highest BCUT2D eigenvalue weighted by atomic mass is 16.5. The van der Waals surface area contributed by atoms with Gasteiger partial charge in [-0.25, -0.2) is 0 Å². The van der Waals surface area contributed by atoms with E-state index in [9.17, 15) is 9.59 Å². The van der Waals surface area contributed by atoms with Crippen molar-refractivity contribution in [2.45, 2.75) is 19.3 Å². The van der Waals surface area contributed by atoms with Gasteiger partial charge in [0, 0.05) is 31.2 Å². The van der Waals surface area contributed by atoms with Gasteiger partial charge in [0.1, 0.15) is 5.75 Å². The van der Waals surface area contributed by atoms with Crippen molar-refractivity contribution in [2.24, 2.45) is 5.92 Å². The normalized spacial score (nSPS) is 16.8. The largest absolute Gasteiger partial charge is 0.493 e. The number of carbonyl (C=O) groups excluding carboxylic acids is 2. The van der Waals surface area contributed by atoms with Crippen molar-refractivity contribution in [3.63, 3.8) is 0 Å². The highest BCUT2D eigenvalue weighted by molar-refractivity contribution is 5.93. The molecule has 0 radical (unpaired) electrons. The van der Waals surface area contributed by atoms with E-state index < -0.39 is 0 Å². The van der Waals surface area contributed by atoms with Gasteiger partial charge in [0.15, 0.2) is 0 Å². The van der Waals surface area contributed by atoms with E-state index in [0.717, 1.165) is 24.3 Å². The maximum Gasteiger partial charge on any atom is 0.229 e. The lowest BCUT2D eigenvalue weighted by Gasteiger charge is -2.32. The zero-order valence-electron chi connectivity index (χ0n) is 14.6. The quantitative estimate of drug-likeness (QED) is 0.867. The molecule has 1 aliphatic heterocycles. The molecule has 1 unspecified atom stereocenters. The van der Waals surface area contributed by atoms with E-state index in [1.165, 1.54) is 0 Å². The lowest BCUT2D eigenvalue weighted by Crippen LogP contribution is -2.44. The summed E-state index contributed by atoms with van der Waals surface area (Å²) in [5, 5.41) is 2.89. The molecule has 1 N–H and O–H groups in total. The van der Waals surface area contributed by atoms with Gasteiger partial charge in [-0.2, -0.15) is 0 Å². The van der Waals surface area contributed by atoms with Gasteiger partial charge in [-0.05, 0) is 37.1 Å². The van der Waals surface area contributed by atoms with Crippen LogP contribution in [0, 0.1) is 5.92 Å². The Balaban J connectivity index is 1.46. The maximum atomic E-state index is 12.4. The predicted octanol–water partition coefficient (Wildman–Crippen LogP) is 2.73. The van der Waals surface area contributed by atoms with Gasteiger partial charge in [-0.1, -0.05) is 18.2 Å². The van der Waals surface area contributed by atoms with Crippen LogP contribution in [0.2, 0.25) is 0 Å². The zero-order valence-corrected chi connectivity index (χ0v) is 14.6.